The fourth-order valence-electron chi connectivity index (χ4n) is 4.04. The minimum absolute atomic E-state index is 0.0508. The van der Waals surface area contributed by atoms with Crippen molar-refractivity contribution in [2.24, 2.45) is 17.1 Å². The first-order valence-corrected chi connectivity index (χ1v) is 7.08. The van der Waals surface area contributed by atoms with Gasteiger partial charge in [-0.2, -0.15) is 0 Å². The molecule has 2 fully saturated rings. The maximum Gasteiger partial charge on any atom is 0.0718 e. The van der Waals surface area contributed by atoms with Crippen LogP contribution in [0.1, 0.15) is 64.7 Å². The topological polar surface area (TPSA) is 46.2 Å². The van der Waals surface area contributed by atoms with Gasteiger partial charge >= 0.3 is 0 Å². The van der Waals surface area contributed by atoms with Gasteiger partial charge in [-0.05, 0) is 38.0 Å². The van der Waals surface area contributed by atoms with Gasteiger partial charge in [0, 0.05) is 12.0 Å². The Morgan fingerprint density at radius 1 is 1.19 bits per heavy atom. The molecule has 2 saturated carbocycles. The van der Waals surface area contributed by atoms with E-state index in [0.29, 0.717) is 6.54 Å². The Kier molecular flexibility index (Phi) is 3.60. The molecule has 0 spiro atoms. The van der Waals surface area contributed by atoms with Gasteiger partial charge < -0.3 is 10.8 Å². The summed E-state index contributed by atoms with van der Waals surface area (Å²) in [5.41, 5.74) is 5.64. The van der Waals surface area contributed by atoms with Crippen molar-refractivity contribution in [3.63, 3.8) is 0 Å². The fraction of sp³-hybridized carbons (Fsp3) is 1.00. The Labute approximate surface area is 99.6 Å². The Bertz CT molecular complexity index is 235. The van der Waals surface area contributed by atoms with Crippen molar-refractivity contribution >= 4 is 0 Å². The fourth-order valence-corrected chi connectivity index (χ4v) is 4.04. The van der Waals surface area contributed by atoms with Crippen molar-refractivity contribution in [3.05, 3.63) is 0 Å². The molecule has 16 heavy (non-hydrogen) atoms. The van der Waals surface area contributed by atoms with Crippen molar-refractivity contribution in [3.8, 4) is 0 Å². The van der Waals surface area contributed by atoms with Crippen LogP contribution in [0.2, 0.25) is 0 Å². The van der Waals surface area contributed by atoms with E-state index in [1.165, 1.54) is 32.1 Å². The van der Waals surface area contributed by atoms with E-state index in [9.17, 15) is 5.11 Å². The molecule has 0 bridgehead atoms. The van der Waals surface area contributed by atoms with E-state index in [2.05, 4.69) is 6.92 Å². The van der Waals surface area contributed by atoms with Gasteiger partial charge in [0.15, 0.2) is 0 Å². The molecule has 0 saturated heterocycles. The predicted molar refractivity (Wildman–Crippen MR) is 67.2 cm³/mol. The van der Waals surface area contributed by atoms with Crippen molar-refractivity contribution in [2.45, 2.75) is 70.3 Å². The summed E-state index contributed by atoms with van der Waals surface area (Å²) in [4.78, 5) is 0. The molecule has 0 aromatic carbocycles. The quantitative estimate of drug-likeness (QED) is 0.776. The molecule has 0 heterocycles. The normalized spacial score (nSPS) is 38.8. The SMILES string of the molecule is CCC1CCC(O)(C2(CN)CCCCC2)C1. The second-order valence-corrected chi connectivity index (χ2v) is 6.09. The molecule has 0 aromatic rings. The molecule has 0 aromatic heterocycles. The molecular formula is C14H27NO. The zero-order valence-corrected chi connectivity index (χ0v) is 10.7. The van der Waals surface area contributed by atoms with E-state index < -0.39 is 5.60 Å². The van der Waals surface area contributed by atoms with Gasteiger partial charge in [-0.25, -0.2) is 0 Å². The molecule has 0 radical (unpaired) electrons. The molecule has 2 atom stereocenters. The van der Waals surface area contributed by atoms with Gasteiger partial charge in [-0.3, -0.25) is 0 Å². The number of rotatable bonds is 3. The van der Waals surface area contributed by atoms with Crippen LogP contribution in [0.3, 0.4) is 0 Å². The maximum atomic E-state index is 11.0. The largest absolute Gasteiger partial charge is 0.389 e. The van der Waals surface area contributed by atoms with E-state index in [4.69, 9.17) is 5.73 Å². The third kappa shape index (κ3) is 1.91. The minimum atomic E-state index is -0.442. The van der Waals surface area contributed by atoms with Crippen molar-refractivity contribution in [2.75, 3.05) is 6.54 Å². The molecule has 0 amide bonds. The first-order valence-electron chi connectivity index (χ1n) is 7.08. The molecule has 2 nitrogen and oxygen atoms in total. The molecule has 2 aliphatic carbocycles. The lowest BCUT2D eigenvalue weighted by Crippen LogP contribution is -2.52. The van der Waals surface area contributed by atoms with Crippen LogP contribution in [-0.4, -0.2) is 17.3 Å². The highest BCUT2D eigenvalue weighted by Gasteiger charge is 2.52. The third-order valence-corrected chi connectivity index (χ3v) is 5.36. The Hall–Kier alpha value is -0.0800. The van der Waals surface area contributed by atoms with Crippen LogP contribution < -0.4 is 5.73 Å². The molecule has 94 valence electrons. The number of nitrogens with two attached hydrogens (primary N) is 1. The van der Waals surface area contributed by atoms with Crippen LogP contribution in [0, 0.1) is 11.3 Å². The van der Waals surface area contributed by atoms with Crippen LogP contribution in [0.5, 0.6) is 0 Å². The highest BCUT2D eigenvalue weighted by molar-refractivity contribution is 5.04. The second kappa shape index (κ2) is 4.66. The number of hydrogen-bond acceptors (Lipinski definition) is 2. The van der Waals surface area contributed by atoms with Gasteiger partial charge in [-0.15, -0.1) is 0 Å². The summed E-state index contributed by atoms with van der Waals surface area (Å²) in [6.45, 7) is 2.92. The van der Waals surface area contributed by atoms with Crippen LogP contribution >= 0.6 is 0 Å². The summed E-state index contributed by atoms with van der Waals surface area (Å²) in [5.74, 6) is 0.732. The van der Waals surface area contributed by atoms with Gasteiger partial charge in [-0.1, -0.05) is 32.6 Å². The first kappa shape index (κ1) is 12.4. The number of hydrogen-bond donors (Lipinski definition) is 2. The minimum Gasteiger partial charge on any atom is -0.389 e. The maximum absolute atomic E-state index is 11.0. The van der Waals surface area contributed by atoms with E-state index in [1.54, 1.807) is 0 Å². The number of aliphatic hydroxyl groups is 1. The lowest BCUT2D eigenvalue weighted by atomic mass is 9.62. The average Bonchev–Trinajstić information content (AvgIpc) is 2.74. The zero-order chi connectivity index (χ0) is 11.6. The van der Waals surface area contributed by atoms with Crippen molar-refractivity contribution in [1.82, 2.24) is 0 Å². The summed E-state index contributed by atoms with van der Waals surface area (Å²) in [6, 6.07) is 0. The molecule has 2 heteroatoms. The monoisotopic (exact) mass is 225 g/mol. The van der Waals surface area contributed by atoms with E-state index in [1.807, 2.05) is 0 Å². The molecule has 0 aliphatic heterocycles. The molecule has 2 aliphatic rings. The lowest BCUT2D eigenvalue weighted by Gasteiger charge is -2.47. The summed E-state index contributed by atoms with van der Waals surface area (Å²) in [7, 11) is 0. The third-order valence-electron chi connectivity index (χ3n) is 5.36. The summed E-state index contributed by atoms with van der Waals surface area (Å²) < 4.78 is 0. The van der Waals surface area contributed by atoms with Crippen LogP contribution in [0.15, 0.2) is 0 Å². The predicted octanol–water partition coefficient (Wildman–Crippen LogP) is 2.84. The van der Waals surface area contributed by atoms with Crippen LogP contribution in [0.4, 0.5) is 0 Å². The van der Waals surface area contributed by atoms with Gasteiger partial charge in [0.2, 0.25) is 0 Å². The highest BCUT2D eigenvalue weighted by Crippen LogP contribution is 2.53. The standard InChI is InChI=1S/C14H27NO/c1-2-12-6-9-14(16,10-12)13(11-15)7-4-3-5-8-13/h12,16H,2-11,15H2,1H3. The zero-order valence-electron chi connectivity index (χ0n) is 10.7. The van der Waals surface area contributed by atoms with Crippen molar-refractivity contribution in [1.29, 1.82) is 0 Å². The van der Waals surface area contributed by atoms with E-state index in [-0.39, 0.29) is 5.41 Å². The van der Waals surface area contributed by atoms with E-state index >= 15 is 0 Å². The highest BCUT2D eigenvalue weighted by atomic mass is 16.3. The van der Waals surface area contributed by atoms with Gasteiger partial charge in [0.25, 0.3) is 0 Å². The van der Waals surface area contributed by atoms with Gasteiger partial charge in [0.05, 0.1) is 5.60 Å². The van der Waals surface area contributed by atoms with Crippen LogP contribution in [-0.2, 0) is 0 Å². The molecule has 3 N–H and O–H groups in total. The summed E-state index contributed by atoms with van der Waals surface area (Å²) in [6.07, 6.45) is 10.6. The Balaban J connectivity index is 2.13. The molecule has 2 rings (SSSR count). The van der Waals surface area contributed by atoms with Crippen LogP contribution in [0.25, 0.3) is 0 Å². The average molecular weight is 225 g/mol. The molecule has 2 unspecified atom stereocenters. The summed E-state index contributed by atoms with van der Waals surface area (Å²) >= 11 is 0. The van der Waals surface area contributed by atoms with E-state index in [0.717, 1.165) is 31.6 Å². The lowest BCUT2D eigenvalue weighted by molar-refractivity contribution is -0.0967. The Morgan fingerprint density at radius 3 is 2.38 bits per heavy atom. The smallest absolute Gasteiger partial charge is 0.0718 e. The second-order valence-electron chi connectivity index (χ2n) is 6.09. The molecular weight excluding hydrogens is 198 g/mol. The Morgan fingerprint density at radius 2 is 1.88 bits per heavy atom. The first-order chi connectivity index (χ1) is 7.66. The summed E-state index contributed by atoms with van der Waals surface area (Å²) in [5, 5.41) is 11.0. The van der Waals surface area contributed by atoms with Gasteiger partial charge in [0.1, 0.15) is 0 Å². The van der Waals surface area contributed by atoms with Crippen molar-refractivity contribution < 1.29 is 5.11 Å².